The van der Waals surface area contributed by atoms with Crippen LogP contribution >= 0.6 is 11.6 Å². The largest absolute Gasteiger partial charge is 0.357 e. The Labute approximate surface area is 133 Å². The van der Waals surface area contributed by atoms with Gasteiger partial charge in [0.1, 0.15) is 6.04 Å². The van der Waals surface area contributed by atoms with Crippen LogP contribution in [0.25, 0.3) is 10.9 Å². The van der Waals surface area contributed by atoms with Crippen LogP contribution in [-0.2, 0) is 11.3 Å². The lowest BCUT2D eigenvalue weighted by molar-refractivity contribution is -0.124. The normalized spacial score (nSPS) is 12.5. The lowest BCUT2D eigenvalue weighted by Crippen LogP contribution is -2.32. The number of benzene rings is 1. The number of hydrogen-bond donors (Lipinski definition) is 2. The minimum atomic E-state index is -0.283. The van der Waals surface area contributed by atoms with E-state index in [-0.39, 0.29) is 11.9 Å². The van der Waals surface area contributed by atoms with Crippen molar-refractivity contribution in [2.24, 2.45) is 0 Å². The monoisotopic (exact) mass is 316 g/mol. The fourth-order valence-corrected chi connectivity index (χ4v) is 2.70. The first-order valence-electron chi connectivity index (χ1n) is 7.21. The van der Waals surface area contributed by atoms with Crippen molar-refractivity contribution >= 4 is 28.4 Å². The fourth-order valence-electron chi connectivity index (χ4n) is 2.52. The van der Waals surface area contributed by atoms with Gasteiger partial charge in [0, 0.05) is 34.0 Å². The molecule has 0 aliphatic rings. The van der Waals surface area contributed by atoms with Crippen molar-refractivity contribution in [2.45, 2.75) is 25.9 Å². The summed E-state index contributed by atoms with van der Waals surface area (Å²) in [5, 5.41) is 8.83. The van der Waals surface area contributed by atoms with Crippen LogP contribution in [0.3, 0.4) is 0 Å². The Morgan fingerprint density at radius 1 is 1.45 bits per heavy atom. The van der Waals surface area contributed by atoms with Gasteiger partial charge in [-0.2, -0.15) is 5.10 Å². The van der Waals surface area contributed by atoms with Gasteiger partial charge in [-0.25, -0.2) is 0 Å². The highest BCUT2D eigenvalue weighted by Gasteiger charge is 2.18. The average Bonchev–Trinajstić information content (AvgIpc) is 3.14. The van der Waals surface area contributed by atoms with Crippen molar-refractivity contribution in [3.05, 3.63) is 53.4 Å². The second-order valence-corrected chi connectivity index (χ2v) is 5.59. The zero-order valence-corrected chi connectivity index (χ0v) is 13.0. The molecule has 1 atom stereocenters. The molecule has 0 saturated heterocycles. The zero-order chi connectivity index (χ0) is 15.5. The van der Waals surface area contributed by atoms with Crippen molar-refractivity contribution in [1.82, 2.24) is 20.1 Å². The average molecular weight is 317 g/mol. The summed E-state index contributed by atoms with van der Waals surface area (Å²) >= 11 is 5.98. The molecule has 3 aromatic rings. The Morgan fingerprint density at radius 3 is 3.05 bits per heavy atom. The van der Waals surface area contributed by atoms with Gasteiger partial charge in [0.25, 0.3) is 0 Å². The highest BCUT2D eigenvalue weighted by atomic mass is 35.5. The van der Waals surface area contributed by atoms with Gasteiger partial charge in [-0.05, 0) is 36.8 Å². The quantitative estimate of drug-likeness (QED) is 0.758. The summed E-state index contributed by atoms with van der Waals surface area (Å²) in [6.07, 6.45) is 4.17. The third kappa shape index (κ3) is 2.99. The summed E-state index contributed by atoms with van der Waals surface area (Å²) in [7, 11) is 0. The number of hydrogen-bond acceptors (Lipinski definition) is 2. The number of amides is 1. The summed E-state index contributed by atoms with van der Waals surface area (Å²) in [6.45, 7) is 2.42. The molecule has 0 aliphatic carbocycles. The minimum absolute atomic E-state index is 0.0390. The molecule has 2 heterocycles. The van der Waals surface area contributed by atoms with Crippen LogP contribution in [0.5, 0.6) is 0 Å². The highest BCUT2D eigenvalue weighted by molar-refractivity contribution is 6.31. The maximum atomic E-state index is 12.3. The summed E-state index contributed by atoms with van der Waals surface area (Å²) in [4.78, 5) is 15.6. The third-order valence-corrected chi connectivity index (χ3v) is 3.86. The van der Waals surface area contributed by atoms with Crippen LogP contribution in [-0.4, -0.2) is 20.7 Å². The SMILES string of the molecule is CC[C@@H](C(=O)NCc1cc2cc(Cl)ccc2[nH]1)n1cccn1. The van der Waals surface area contributed by atoms with Crippen molar-refractivity contribution in [2.75, 3.05) is 0 Å². The topological polar surface area (TPSA) is 62.7 Å². The molecule has 0 bridgehead atoms. The second-order valence-electron chi connectivity index (χ2n) is 5.15. The van der Waals surface area contributed by atoms with E-state index in [0.29, 0.717) is 18.0 Å². The predicted molar refractivity (Wildman–Crippen MR) is 86.7 cm³/mol. The highest BCUT2D eigenvalue weighted by Crippen LogP contribution is 2.20. The van der Waals surface area contributed by atoms with Gasteiger partial charge < -0.3 is 10.3 Å². The van der Waals surface area contributed by atoms with E-state index < -0.39 is 0 Å². The number of H-pyrrole nitrogens is 1. The first-order valence-corrected chi connectivity index (χ1v) is 7.59. The van der Waals surface area contributed by atoms with E-state index >= 15 is 0 Å². The van der Waals surface area contributed by atoms with E-state index in [1.54, 1.807) is 17.1 Å². The van der Waals surface area contributed by atoms with Crippen LogP contribution < -0.4 is 5.32 Å². The zero-order valence-electron chi connectivity index (χ0n) is 12.2. The molecule has 1 aromatic carbocycles. The number of carbonyl (C=O) groups excluding carboxylic acids is 1. The van der Waals surface area contributed by atoms with E-state index in [2.05, 4.69) is 15.4 Å². The molecule has 2 N–H and O–H groups in total. The van der Waals surface area contributed by atoms with E-state index in [9.17, 15) is 4.79 Å². The third-order valence-electron chi connectivity index (χ3n) is 3.63. The molecule has 6 heteroatoms. The molecule has 0 radical (unpaired) electrons. The minimum Gasteiger partial charge on any atom is -0.357 e. The van der Waals surface area contributed by atoms with Gasteiger partial charge in [-0.15, -0.1) is 0 Å². The Morgan fingerprint density at radius 2 is 2.32 bits per heavy atom. The van der Waals surface area contributed by atoms with Crippen LogP contribution in [0.1, 0.15) is 25.1 Å². The molecule has 2 aromatic heterocycles. The second kappa shape index (κ2) is 6.23. The molecule has 22 heavy (non-hydrogen) atoms. The molecule has 0 spiro atoms. The fraction of sp³-hybridized carbons (Fsp3) is 0.250. The number of aromatic amines is 1. The molecule has 3 rings (SSSR count). The number of halogens is 1. The van der Waals surface area contributed by atoms with Gasteiger partial charge >= 0.3 is 0 Å². The van der Waals surface area contributed by atoms with E-state index in [0.717, 1.165) is 16.6 Å². The number of rotatable bonds is 5. The Hall–Kier alpha value is -2.27. The summed E-state index contributed by atoms with van der Waals surface area (Å²) in [5.74, 6) is -0.0390. The van der Waals surface area contributed by atoms with Crippen molar-refractivity contribution in [3.8, 4) is 0 Å². The number of fused-ring (bicyclic) bond motifs is 1. The predicted octanol–water partition coefficient (Wildman–Crippen LogP) is 3.29. The Balaban J connectivity index is 1.69. The van der Waals surface area contributed by atoms with Gasteiger partial charge in [0.15, 0.2) is 0 Å². The lowest BCUT2D eigenvalue weighted by atomic mass is 10.2. The van der Waals surface area contributed by atoms with Crippen LogP contribution in [0, 0.1) is 0 Å². The molecule has 0 saturated carbocycles. The first kappa shape index (κ1) is 14.7. The number of aromatic nitrogens is 3. The summed E-state index contributed by atoms with van der Waals surface area (Å²) in [5.41, 5.74) is 1.95. The van der Waals surface area contributed by atoms with Gasteiger partial charge in [0.2, 0.25) is 5.91 Å². The number of nitrogens with one attached hydrogen (secondary N) is 2. The molecule has 0 unspecified atom stereocenters. The summed E-state index contributed by atoms with van der Waals surface area (Å²) in [6, 6.07) is 9.20. The van der Waals surface area contributed by atoms with E-state index in [1.165, 1.54) is 0 Å². The number of nitrogens with zero attached hydrogens (tertiary/aromatic N) is 2. The summed E-state index contributed by atoms with van der Waals surface area (Å²) < 4.78 is 1.68. The Bertz CT molecular complexity index is 779. The van der Waals surface area contributed by atoms with Crippen molar-refractivity contribution < 1.29 is 4.79 Å². The molecule has 0 aliphatic heterocycles. The molecular weight excluding hydrogens is 300 g/mol. The van der Waals surface area contributed by atoms with Crippen molar-refractivity contribution in [1.29, 1.82) is 0 Å². The van der Waals surface area contributed by atoms with Crippen LogP contribution in [0.2, 0.25) is 5.02 Å². The number of carbonyl (C=O) groups is 1. The molecule has 114 valence electrons. The van der Waals surface area contributed by atoms with Crippen LogP contribution in [0.15, 0.2) is 42.7 Å². The molecular formula is C16H17ClN4O. The van der Waals surface area contributed by atoms with Crippen LogP contribution in [0.4, 0.5) is 0 Å². The van der Waals surface area contributed by atoms with Gasteiger partial charge in [-0.3, -0.25) is 9.48 Å². The van der Waals surface area contributed by atoms with Gasteiger partial charge in [0.05, 0.1) is 6.54 Å². The first-order chi connectivity index (χ1) is 10.7. The van der Waals surface area contributed by atoms with E-state index in [4.69, 9.17) is 11.6 Å². The Kier molecular flexibility index (Phi) is 4.15. The van der Waals surface area contributed by atoms with Crippen molar-refractivity contribution in [3.63, 3.8) is 0 Å². The molecule has 0 fully saturated rings. The maximum absolute atomic E-state index is 12.3. The van der Waals surface area contributed by atoms with E-state index in [1.807, 2.05) is 37.3 Å². The standard InChI is InChI=1S/C16H17ClN4O/c1-2-15(21-7-3-6-19-21)16(22)18-10-13-9-11-8-12(17)4-5-14(11)20-13/h3-9,15,20H,2,10H2,1H3,(H,18,22)/t15-/m0/s1. The molecule has 5 nitrogen and oxygen atoms in total. The lowest BCUT2D eigenvalue weighted by Gasteiger charge is -2.15. The van der Waals surface area contributed by atoms with Gasteiger partial charge in [-0.1, -0.05) is 18.5 Å². The molecule has 1 amide bonds. The maximum Gasteiger partial charge on any atom is 0.245 e. The smallest absolute Gasteiger partial charge is 0.245 e.